The second kappa shape index (κ2) is 7.06. The van der Waals surface area contributed by atoms with Gasteiger partial charge in [-0.25, -0.2) is 0 Å². The normalized spacial score (nSPS) is 14.6. The van der Waals surface area contributed by atoms with Crippen LogP contribution >= 0.6 is 0 Å². The molecule has 2 rings (SSSR count). The molecule has 0 fully saturated rings. The second-order valence-electron chi connectivity index (χ2n) is 6.07. The van der Waals surface area contributed by atoms with Crippen molar-refractivity contribution in [2.75, 3.05) is 18.6 Å². The van der Waals surface area contributed by atoms with Crippen LogP contribution in [0, 0.1) is 22.8 Å². The molecule has 7 heteroatoms. The molecule has 1 N–H and O–H groups in total. The van der Waals surface area contributed by atoms with Gasteiger partial charge >= 0.3 is 5.97 Å². The summed E-state index contributed by atoms with van der Waals surface area (Å²) in [5.74, 6) is -0.803. The summed E-state index contributed by atoms with van der Waals surface area (Å²) in [5, 5.41) is 20.3. The summed E-state index contributed by atoms with van der Waals surface area (Å²) in [4.78, 5) is 25.9. The number of nitriles is 2. The molecule has 1 aliphatic rings. The van der Waals surface area contributed by atoms with Gasteiger partial charge in [-0.1, -0.05) is 12.1 Å². The summed E-state index contributed by atoms with van der Waals surface area (Å²) in [6.45, 7) is 3.88. The zero-order chi connectivity index (χ0) is 18.6. The Labute approximate surface area is 146 Å². The molecule has 25 heavy (non-hydrogen) atoms. The van der Waals surface area contributed by atoms with Gasteiger partial charge in [0, 0.05) is 18.7 Å². The molecule has 0 radical (unpaired) electrons. The van der Waals surface area contributed by atoms with E-state index in [0.29, 0.717) is 24.4 Å². The van der Waals surface area contributed by atoms with Crippen LogP contribution < -0.4 is 10.2 Å². The predicted molar refractivity (Wildman–Crippen MR) is 89.8 cm³/mol. The number of nitrogens with one attached hydrogen (secondary N) is 1. The fraction of sp³-hybridized carbons (Fsp3) is 0.333. The van der Waals surface area contributed by atoms with E-state index in [1.807, 2.05) is 6.07 Å². The Morgan fingerprint density at radius 1 is 1.28 bits per heavy atom. The number of anilines is 1. The average molecular weight is 338 g/mol. The number of hydrogen-bond acceptors (Lipinski definition) is 6. The molecule has 0 bridgehead atoms. The molecule has 1 aromatic carbocycles. The van der Waals surface area contributed by atoms with Crippen LogP contribution in [0.2, 0.25) is 0 Å². The third kappa shape index (κ3) is 3.31. The largest absolute Gasteiger partial charge is 0.468 e. The van der Waals surface area contributed by atoms with Crippen molar-refractivity contribution in [3.8, 4) is 12.3 Å². The SMILES string of the molecule is COC(=O)C(C)(C)c1ccc(N2CCC(NC#N)=C(C#N)C2=O)cc1. The van der Waals surface area contributed by atoms with E-state index in [2.05, 4.69) is 5.32 Å². The first-order valence-corrected chi connectivity index (χ1v) is 7.66. The van der Waals surface area contributed by atoms with E-state index in [4.69, 9.17) is 10.00 Å². The standard InChI is InChI=1S/C18H18N4O3/c1-18(2,17(24)25-3)12-4-6-13(7-5-12)22-9-8-15(21-11-20)14(10-19)16(22)23/h4-7,21H,8-9H2,1-3H3. The van der Waals surface area contributed by atoms with Crippen molar-refractivity contribution in [3.63, 3.8) is 0 Å². The topological polar surface area (TPSA) is 106 Å². The minimum atomic E-state index is -0.805. The third-order valence-electron chi connectivity index (χ3n) is 4.26. The second-order valence-corrected chi connectivity index (χ2v) is 6.07. The van der Waals surface area contributed by atoms with Crippen LogP contribution in [-0.4, -0.2) is 25.5 Å². The highest BCUT2D eigenvalue weighted by Crippen LogP contribution is 2.29. The summed E-state index contributed by atoms with van der Waals surface area (Å²) in [7, 11) is 1.34. The molecular formula is C18H18N4O3. The first kappa shape index (κ1) is 18.0. The summed E-state index contributed by atoms with van der Waals surface area (Å²) >= 11 is 0. The molecule has 1 heterocycles. The van der Waals surface area contributed by atoms with Gasteiger partial charge in [0.1, 0.15) is 11.6 Å². The number of carbonyl (C=O) groups excluding carboxylic acids is 2. The number of nitrogens with zero attached hydrogens (tertiary/aromatic N) is 3. The summed E-state index contributed by atoms with van der Waals surface area (Å²) in [6.07, 6.45) is 2.13. The lowest BCUT2D eigenvalue weighted by Gasteiger charge is -2.28. The summed E-state index contributed by atoms with van der Waals surface area (Å²) in [5.41, 5.74) is 0.857. The van der Waals surface area contributed by atoms with Crippen molar-refractivity contribution < 1.29 is 14.3 Å². The molecular weight excluding hydrogens is 320 g/mol. The van der Waals surface area contributed by atoms with Crippen LogP contribution in [0.15, 0.2) is 35.5 Å². The lowest BCUT2D eigenvalue weighted by atomic mass is 9.84. The summed E-state index contributed by atoms with van der Waals surface area (Å²) < 4.78 is 4.82. The fourth-order valence-corrected chi connectivity index (χ4v) is 2.70. The number of esters is 1. The van der Waals surface area contributed by atoms with Gasteiger partial charge in [0.05, 0.1) is 18.2 Å². The Morgan fingerprint density at radius 3 is 2.44 bits per heavy atom. The van der Waals surface area contributed by atoms with Crippen molar-refractivity contribution in [3.05, 3.63) is 41.1 Å². The first-order chi connectivity index (χ1) is 11.9. The Morgan fingerprint density at radius 2 is 1.92 bits per heavy atom. The number of amides is 1. The molecule has 1 aliphatic heterocycles. The van der Waals surface area contributed by atoms with Gasteiger partial charge in [-0.15, -0.1) is 0 Å². The van der Waals surface area contributed by atoms with Crippen LogP contribution in [-0.2, 0) is 19.7 Å². The molecule has 0 atom stereocenters. The average Bonchev–Trinajstić information content (AvgIpc) is 2.61. The number of methoxy groups -OCH3 is 1. The minimum Gasteiger partial charge on any atom is -0.468 e. The molecule has 7 nitrogen and oxygen atoms in total. The minimum absolute atomic E-state index is 0.0632. The first-order valence-electron chi connectivity index (χ1n) is 7.66. The lowest BCUT2D eigenvalue weighted by Crippen LogP contribution is -2.39. The Hall–Kier alpha value is -3.32. The predicted octanol–water partition coefficient (Wildman–Crippen LogP) is 1.72. The Bertz CT molecular complexity index is 810. The Balaban J connectivity index is 2.30. The number of carbonyl (C=O) groups is 2. The zero-order valence-corrected chi connectivity index (χ0v) is 14.3. The summed E-state index contributed by atoms with van der Waals surface area (Å²) in [6, 6.07) is 8.85. The smallest absolute Gasteiger partial charge is 0.315 e. The highest BCUT2D eigenvalue weighted by Gasteiger charge is 2.32. The highest BCUT2D eigenvalue weighted by atomic mass is 16.5. The molecule has 1 amide bonds. The molecule has 1 aromatic rings. The molecule has 0 unspecified atom stereocenters. The van der Waals surface area contributed by atoms with Crippen LogP contribution in [0.4, 0.5) is 5.69 Å². The van der Waals surface area contributed by atoms with Gasteiger partial charge in [0.15, 0.2) is 6.19 Å². The van der Waals surface area contributed by atoms with Gasteiger partial charge in [0.2, 0.25) is 0 Å². The molecule has 0 saturated carbocycles. The molecule has 0 aromatic heterocycles. The van der Waals surface area contributed by atoms with Gasteiger partial charge in [-0.05, 0) is 31.5 Å². The monoisotopic (exact) mass is 338 g/mol. The van der Waals surface area contributed by atoms with E-state index in [-0.39, 0.29) is 11.5 Å². The van der Waals surface area contributed by atoms with Crippen molar-refractivity contribution >= 4 is 17.6 Å². The molecule has 0 spiro atoms. The van der Waals surface area contributed by atoms with Crippen molar-refractivity contribution in [1.29, 1.82) is 10.5 Å². The van der Waals surface area contributed by atoms with E-state index in [9.17, 15) is 14.9 Å². The van der Waals surface area contributed by atoms with Crippen LogP contribution in [0.1, 0.15) is 25.8 Å². The maximum absolute atomic E-state index is 12.5. The van der Waals surface area contributed by atoms with Crippen molar-refractivity contribution in [2.24, 2.45) is 0 Å². The van der Waals surface area contributed by atoms with Gasteiger partial charge < -0.3 is 9.64 Å². The maximum atomic E-state index is 12.5. The van der Waals surface area contributed by atoms with Gasteiger partial charge in [-0.3, -0.25) is 14.9 Å². The number of hydrogen-bond donors (Lipinski definition) is 1. The number of ether oxygens (including phenoxy) is 1. The van der Waals surface area contributed by atoms with Crippen LogP contribution in [0.25, 0.3) is 0 Å². The number of benzene rings is 1. The zero-order valence-electron chi connectivity index (χ0n) is 14.3. The number of rotatable bonds is 4. The van der Waals surface area contributed by atoms with Gasteiger partial charge in [-0.2, -0.15) is 10.5 Å². The van der Waals surface area contributed by atoms with Crippen molar-refractivity contribution in [2.45, 2.75) is 25.7 Å². The van der Waals surface area contributed by atoms with E-state index in [1.165, 1.54) is 12.0 Å². The quantitative estimate of drug-likeness (QED) is 0.509. The van der Waals surface area contributed by atoms with E-state index < -0.39 is 11.3 Å². The van der Waals surface area contributed by atoms with Crippen LogP contribution in [0.3, 0.4) is 0 Å². The van der Waals surface area contributed by atoms with E-state index in [1.54, 1.807) is 44.3 Å². The Kier molecular flexibility index (Phi) is 5.09. The van der Waals surface area contributed by atoms with E-state index >= 15 is 0 Å². The maximum Gasteiger partial charge on any atom is 0.315 e. The third-order valence-corrected chi connectivity index (χ3v) is 4.26. The van der Waals surface area contributed by atoms with Crippen molar-refractivity contribution in [1.82, 2.24) is 5.32 Å². The molecule has 128 valence electrons. The lowest BCUT2D eigenvalue weighted by molar-refractivity contribution is -0.146. The van der Waals surface area contributed by atoms with Crippen LogP contribution in [0.5, 0.6) is 0 Å². The van der Waals surface area contributed by atoms with Gasteiger partial charge in [0.25, 0.3) is 5.91 Å². The highest BCUT2D eigenvalue weighted by molar-refractivity contribution is 6.09. The van der Waals surface area contributed by atoms with E-state index in [0.717, 1.165) is 5.56 Å². The fourth-order valence-electron chi connectivity index (χ4n) is 2.70. The molecule has 0 saturated heterocycles. The molecule has 0 aliphatic carbocycles.